The van der Waals surface area contributed by atoms with Gasteiger partial charge in [-0.1, -0.05) is 20.8 Å². The van der Waals surface area contributed by atoms with E-state index in [1.54, 1.807) is 19.9 Å². The van der Waals surface area contributed by atoms with Gasteiger partial charge in [0.2, 0.25) is 0 Å². The predicted octanol–water partition coefficient (Wildman–Crippen LogP) is 1.50. The first kappa shape index (κ1) is 27.3. The fourth-order valence-corrected chi connectivity index (χ4v) is 11.0. The highest BCUT2D eigenvalue weighted by atomic mass is 17.2. The SMILES string of the molecule is COC(=O)CC1C2(C)CC34OOC5(C6CC(=O)OC(c7ccoc7)C6(C)CCC5(O)C13C)C(O)C4(O)C2OC(C)=O. The summed E-state index contributed by atoms with van der Waals surface area (Å²) in [7, 11) is 1.26. The summed E-state index contributed by atoms with van der Waals surface area (Å²) in [6, 6.07) is 1.69. The van der Waals surface area contributed by atoms with Gasteiger partial charge in [0.15, 0.2) is 11.2 Å². The summed E-state index contributed by atoms with van der Waals surface area (Å²) in [5.74, 6) is -3.47. The quantitative estimate of drug-likeness (QED) is 0.268. The summed E-state index contributed by atoms with van der Waals surface area (Å²) in [6.07, 6.45) is -0.958. The number of esters is 3. The molecule has 2 spiro atoms. The van der Waals surface area contributed by atoms with Gasteiger partial charge >= 0.3 is 17.9 Å². The molecular weight excluding hydrogens is 540 g/mol. The molecule has 4 aliphatic carbocycles. The van der Waals surface area contributed by atoms with E-state index >= 15 is 0 Å². The van der Waals surface area contributed by atoms with Crippen molar-refractivity contribution in [2.24, 2.45) is 28.1 Å². The van der Waals surface area contributed by atoms with Crippen molar-refractivity contribution in [1.29, 1.82) is 0 Å². The Hall–Kier alpha value is -2.51. The van der Waals surface area contributed by atoms with Gasteiger partial charge in [0.05, 0.1) is 26.1 Å². The molecule has 8 rings (SSSR count). The second kappa shape index (κ2) is 7.71. The van der Waals surface area contributed by atoms with E-state index in [0.717, 1.165) is 0 Å². The van der Waals surface area contributed by atoms with Crippen LogP contribution in [0.4, 0.5) is 0 Å². The lowest BCUT2D eigenvalue weighted by molar-refractivity contribution is -0.606. The molecule has 4 heterocycles. The minimum Gasteiger partial charge on any atom is -0.472 e. The lowest BCUT2D eigenvalue weighted by Crippen LogP contribution is -2.97. The van der Waals surface area contributed by atoms with Crippen LogP contribution in [0.25, 0.3) is 0 Å². The fraction of sp³-hybridized carbons (Fsp3) is 0.759. The number of carbonyl (C=O) groups is 3. The number of aliphatic hydroxyl groups is 3. The Morgan fingerprint density at radius 2 is 1.85 bits per heavy atom. The topological polar surface area (TPSA) is 171 Å². The number of cyclic esters (lactones) is 1. The highest BCUT2D eigenvalue weighted by Crippen LogP contribution is 2.86. The molecule has 3 bridgehead atoms. The largest absolute Gasteiger partial charge is 0.472 e. The van der Waals surface area contributed by atoms with E-state index in [0.29, 0.717) is 12.0 Å². The summed E-state index contributed by atoms with van der Waals surface area (Å²) >= 11 is 0. The standard InChI is InChI=1S/C29H36O12/c1-14(30)38-22-24(3)13-27-25(4,16(24)10-18(31)36-5)26(34)8-7-23(2)17(29(26,41-40-27)21(33)28(22,27)35)11-19(32)39-20(23)15-6-9-37-12-15/h6,9,12,16-17,20-22,33-35H,7-8,10-11,13H2,1-5H3. The average Bonchev–Trinajstić information content (AvgIpc) is 3.57. The van der Waals surface area contributed by atoms with Crippen LogP contribution in [-0.2, 0) is 38.4 Å². The molecule has 7 aliphatic rings. The van der Waals surface area contributed by atoms with Crippen molar-refractivity contribution in [1.82, 2.24) is 0 Å². The highest BCUT2D eigenvalue weighted by Gasteiger charge is 3.01. The van der Waals surface area contributed by atoms with Crippen LogP contribution >= 0.6 is 0 Å². The number of hydrogen-bond donors (Lipinski definition) is 3. The molecule has 7 fully saturated rings. The number of rotatable bonds is 4. The normalized spacial score (nSPS) is 54.2. The molecule has 224 valence electrons. The second-order valence-corrected chi connectivity index (χ2v) is 13.8. The van der Waals surface area contributed by atoms with Crippen molar-refractivity contribution >= 4 is 17.9 Å². The number of furan rings is 1. The molecule has 12 nitrogen and oxygen atoms in total. The Morgan fingerprint density at radius 3 is 2.49 bits per heavy atom. The van der Waals surface area contributed by atoms with E-state index in [1.165, 1.54) is 26.6 Å². The maximum Gasteiger partial charge on any atom is 0.306 e. The first-order valence-corrected chi connectivity index (χ1v) is 14.1. The Kier molecular flexibility index (Phi) is 5.14. The van der Waals surface area contributed by atoms with Crippen molar-refractivity contribution < 1.29 is 58.1 Å². The maximum atomic E-state index is 13.2. The number of fused-ring (bicyclic) bond motifs is 3. The molecule has 1 aromatic rings. The smallest absolute Gasteiger partial charge is 0.306 e. The Balaban J connectivity index is 1.49. The van der Waals surface area contributed by atoms with Gasteiger partial charge in [-0.2, -0.15) is 0 Å². The van der Waals surface area contributed by atoms with Crippen molar-refractivity contribution in [3.63, 3.8) is 0 Å². The predicted molar refractivity (Wildman–Crippen MR) is 133 cm³/mol. The molecule has 0 amide bonds. The molecule has 0 aromatic carbocycles. The average molecular weight is 577 g/mol. The third-order valence-corrected chi connectivity index (χ3v) is 12.5. The Morgan fingerprint density at radius 1 is 1.12 bits per heavy atom. The molecule has 12 heteroatoms. The van der Waals surface area contributed by atoms with E-state index in [9.17, 15) is 29.7 Å². The van der Waals surface area contributed by atoms with Crippen molar-refractivity contribution in [2.75, 3.05) is 7.11 Å². The van der Waals surface area contributed by atoms with E-state index < -0.39 is 86.7 Å². The first-order valence-electron chi connectivity index (χ1n) is 14.1. The van der Waals surface area contributed by atoms with Gasteiger partial charge in [-0.3, -0.25) is 14.4 Å². The Labute approximate surface area is 236 Å². The number of methoxy groups -OCH3 is 1. The van der Waals surface area contributed by atoms with Crippen LogP contribution < -0.4 is 0 Å². The summed E-state index contributed by atoms with van der Waals surface area (Å²) in [6.45, 7) is 6.61. The molecule has 3 aliphatic heterocycles. The molecule has 0 radical (unpaired) electrons. The van der Waals surface area contributed by atoms with Gasteiger partial charge in [-0.05, 0) is 31.2 Å². The van der Waals surface area contributed by atoms with Crippen LogP contribution in [-0.4, -0.2) is 74.9 Å². The summed E-state index contributed by atoms with van der Waals surface area (Å²) in [5.41, 5.74) is -10.8. The van der Waals surface area contributed by atoms with Gasteiger partial charge in [0.1, 0.15) is 29.5 Å². The monoisotopic (exact) mass is 576 g/mol. The summed E-state index contributed by atoms with van der Waals surface area (Å²) in [5, 5.41) is 38.3. The van der Waals surface area contributed by atoms with E-state index in [4.69, 9.17) is 28.4 Å². The lowest BCUT2D eigenvalue weighted by atomic mass is 9.33. The molecule has 1 aromatic heterocycles. The molecule has 4 saturated carbocycles. The molecular formula is C29H36O12. The maximum absolute atomic E-state index is 13.2. The second-order valence-electron chi connectivity index (χ2n) is 13.8. The van der Waals surface area contributed by atoms with Gasteiger partial charge < -0.3 is 33.9 Å². The first-order chi connectivity index (χ1) is 19.1. The van der Waals surface area contributed by atoms with Gasteiger partial charge in [0, 0.05) is 41.1 Å². The van der Waals surface area contributed by atoms with Crippen LogP contribution in [0.5, 0.6) is 0 Å². The minimum atomic E-state index is -2.25. The van der Waals surface area contributed by atoms with E-state index in [2.05, 4.69) is 0 Å². The molecule has 3 saturated heterocycles. The molecule has 41 heavy (non-hydrogen) atoms. The fourth-order valence-electron chi connectivity index (χ4n) is 11.0. The third-order valence-electron chi connectivity index (χ3n) is 12.5. The molecule has 12 unspecified atom stereocenters. The van der Waals surface area contributed by atoms with Crippen LogP contribution in [0, 0.1) is 28.1 Å². The number of carbonyl (C=O) groups excluding carboxylic acids is 3. The number of aliphatic hydroxyl groups excluding tert-OH is 1. The zero-order chi connectivity index (χ0) is 29.6. The van der Waals surface area contributed by atoms with Crippen LogP contribution in [0.3, 0.4) is 0 Å². The van der Waals surface area contributed by atoms with E-state index in [1.807, 2.05) is 6.92 Å². The van der Waals surface area contributed by atoms with Crippen molar-refractivity contribution in [2.45, 2.75) is 101 Å². The van der Waals surface area contributed by atoms with Gasteiger partial charge in [0.25, 0.3) is 0 Å². The minimum absolute atomic E-state index is 0.0314. The summed E-state index contributed by atoms with van der Waals surface area (Å²) in [4.78, 5) is 50.9. The van der Waals surface area contributed by atoms with E-state index in [-0.39, 0.29) is 25.7 Å². The molecule has 3 N–H and O–H groups in total. The zero-order valence-electron chi connectivity index (χ0n) is 23.7. The number of ether oxygens (including phenoxy) is 3. The van der Waals surface area contributed by atoms with Crippen molar-refractivity contribution in [3.8, 4) is 0 Å². The third kappa shape index (κ3) is 2.53. The van der Waals surface area contributed by atoms with Crippen LogP contribution in [0.1, 0.15) is 71.5 Å². The number of hydrogen-bond acceptors (Lipinski definition) is 12. The van der Waals surface area contributed by atoms with Gasteiger partial charge in [-0.15, -0.1) is 0 Å². The highest BCUT2D eigenvalue weighted by molar-refractivity contribution is 5.73. The molecule has 12 atom stereocenters. The van der Waals surface area contributed by atoms with Crippen LogP contribution in [0.15, 0.2) is 23.0 Å². The van der Waals surface area contributed by atoms with Crippen LogP contribution in [0.2, 0.25) is 0 Å². The lowest BCUT2D eigenvalue weighted by Gasteiger charge is -2.80. The Bertz CT molecular complexity index is 1340. The zero-order valence-corrected chi connectivity index (χ0v) is 23.7. The summed E-state index contributed by atoms with van der Waals surface area (Å²) < 4.78 is 22.0. The van der Waals surface area contributed by atoms with Crippen molar-refractivity contribution in [3.05, 3.63) is 24.2 Å². The van der Waals surface area contributed by atoms with Gasteiger partial charge in [-0.25, -0.2) is 9.78 Å².